The van der Waals surface area contributed by atoms with Crippen LogP contribution in [-0.2, 0) is 32.7 Å². The second kappa shape index (κ2) is 16.2. The molecule has 3 unspecified atom stereocenters. The first-order chi connectivity index (χ1) is 7.60. The first-order valence-electron chi connectivity index (χ1n) is 7.39. The predicted molar refractivity (Wildman–Crippen MR) is 81.9 cm³/mol. The van der Waals surface area contributed by atoms with Gasteiger partial charge in [-0.1, -0.05) is 66.2 Å². The molecule has 109 valence electrons. The molecule has 3 atom stereocenters. The standard InChI is InChI=1S/C16H33.CH3.Y/c1-6-8-10-15(4)13-16(5)12-9-11-14(3)7-2;;/h14-16H,1,6-13H2,2-5H3;1H3;/q2*-1;. The maximum absolute atomic E-state index is 3.92. The molecule has 0 aromatic carbocycles. The third-order valence-electron chi connectivity index (χ3n) is 3.84. The van der Waals surface area contributed by atoms with Gasteiger partial charge in [0.2, 0.25) is 0 Å². The van der Waals surface area contributed by atoms with Crippen LogP contribution in [0.1, 0.15) is 79.1 Å². The minimum atomic E-state index is 0. The van der Waals surface area contributed by atoms with Crippen molar-refractivity contribution in [3.05, 3.63) is 14.4 Å². The zero-order valence-electron chi connectivity index (χ0n) is 13.7. The molecule has 0 N–H and O–H groups in total. The number of rotatable bonds is 10. The van der Waals surface area contributed by atoms with Crippen LogP contribution >= 0.6 is 0 Å². The van der Waals surface area contributed by atoms with Gasteiger partial charge in [-0.3, -0.25) is 0 Å². The molecule has 1 heteroatoms. The molecule has 0 amide bonds. The van der Waals surface area contributed by atoms with Crippen LogP contribution in [0.3, 0.4) is 0 Å². The Bertz CT molecular complexity index is 145. The van der Waals surface area contributed by atoms with Gasteiger partial charge in [-0.15, -0.1) is 0 Å². The van der Waals surface area contributed by atoms with Crippen LogP contribution in [0.5, 0.6) is 0 Å². The van der Waals surface area contributed by atoms with Crippen LogP contribution in [0.25, 0.3) is 0 Å². The molecule has 0 aliphatic heterocycles. The first-order valence-corrected chi connectivity index (χ1v) is 7.39. The summed E-state index contributed by atoms with van der Waals surface area (Å²) in [7, 11) is 0. The van der Waals surface area contributed by atoms with Gasteiger partial charge >= 0.3 is 0 Å². The van der Waals surface area contributed by atoms with Gasteiger partial charge in [0, 0.05) is 32.7 Å². The van der Waals surface area contributed by atoms with Gasteiger partial charge < -0.3 is 14.4 Å². The van der Waals surface area contributed by atoms with Crippen molar-refractivity contribution in [1.82, 2.24) is 0 Å². The number of hydrogen-bond acceptors (Lipinski definition) is 0. The topological polar surface area (TPSA) is 0 Å². The fourth-order valence-corrected chi connectivity index (χ4v) is 2.43. The summed E-state index contributed by atoms with van der Waals surface area (Å²) in [6.07, 6.45) is 10.8. The molecule has 0 spiro atoms. The summed E-state index contributed by atoms with van der Waals surface area (Å²) in [6.45, 7) is 13.4. The van der Waals surface area contributed by atoms with E-state index in [1.807, 2.05) is 0 Å². The van der Waals surface area contributed by atoms with E-state index in [1.54, 1.807) is 0 Å². The van der Waals surface area contributed by atoms with Gasteiger partial charge in [0.05, 0.1) is 0 Å². The van der Waals surface area contributed by atoms with Gasteiger partial charge in [-0.25, -0.2) is 0 Å². The van der Waals surface area contributed by atoms with Gasteiger partial charge in [0.1, 0.15) is 0 Å². The molecule has 0 aromatic rings. The van der Waals surface area contributed by atoms with E-state index in [9.17, 15) is 0 Å². The fourth-order valence-electron chi connectivity index (χ4n) is 2.43. The van der Waals surface area contributed by atoms with E-state index in [1.165, 1.54) is 44.9 Å². The number of unbranched alkanes of at least 4 members (excludes halogenated alkanes) is 1. The van der Waals surface area contributed by atoms with Crippen LogP contribution in [0.15, 0.2) is 0 Å². The van der Waals surface area contributed by atoms with Crippen molar-refractivity contribution in [2.75, 3.05) is 0 Å². The molecule has 0 saturated heterocycles. The van der Waals surface area contributed by atoms with E-state index in [0.29, 0.717) is 0 Å². The van der Waals surface area contributed by atoms with Crippen LogP contribution in [0, 0.1) is 32.1 Å². The van der Waals surface area contributed by atoms with Gasteiger partial charge in [-0.05, 0) is 24.2 Å². The Morgan fingerprint density at radius 1 is 0.833 bits per heavy atom. The van der Waals surface area contributed by atoms with Crippen LogP contribution < -0.4 is 0 Å². The monoisotopic (exact) mass is 329 g/mol. The molecule has 0 bridgehead atoms. The Hall–Kier alpha value is 1.10. The quantitative estimate of drug-likeness (QED) is 0.412. The Balaban J connectivity index is -0.00000112. The summed E-state index contributed by atoms with van der Waals surface area (Å²) in [5.41, 5.74) is 0. The van der Waals surface area contributed by atoms with E-state index >= 15 is 0 Å². The third kappa shape index (κ3) is 15.2. The molecule has 0 aliphatic carbocycles. The minimum absolute atomic E-state index is 0. The van der Waals surface area contributed by atoms with E-state index in [2.05, 4.69) is 34.6 Å². The van der Waals surface area contributed by atoms with Crippen molar-refractivity contribution in [2.45, 2.75) is 79.1 Å². The second-order valence-corrected chi connectivity index (χ2v) is 5.89. The molecule has 0 fully saturated rings. The zero-order chi connectivity index (χ0) is 12.4. The average Bonchev–Trinajstić information content (AvgIpc) is 2.25. The van der Waals surface area contributed by atoms with E-state index in [0.717, 1.165) is 24.2 Å². The van der Waals surface area contributed by atoms with Crippen LogP contribution in [-0.4, -0.2) is 0 Å². The van der Waals surface area contributed by atoms with Crippen molar-refractivity contribution >= 4 is 0 Å². The molecule has 0 nitrogen and oxygen atoms in total. The van der Waals surface area contributed by atoms with E-state index in [4.69, 9.17) is 0 Å². The molecule has 0 aromatic heterocycles. The maximum atomic E-state index is 3.92. The Labute approximate surface area is 143 Å². The van der Waals surface area contributed by atoms with Gasteiger partial charge in [0.15, 0.2) is 0 Å². The molecular weight excluding hydrogens is 293 g/mol. The SMILES string of the molecule is [CH2-]CCCC(C)CC(C)CCCC(C)CC.[CH3-].[Y]. The third-order valence-corrected chi connectivity index (χ3v) is 3.84. The van der Waals surface area contributed by atoms with Gasteiger partial charge in [-0.2, -0.15) is 6.42 Å². The molecule has 0 aliphatic rings. The van der Waals surface area contributed by atoms with Gasteiger partial charge in [0.25, 0.3) is 0 Å². The second-order valence-electron chi connectivity index (χ2n) is 5.89. The normalized spacial score (nSPS) is 15.2. The van der Waals surface area contributed by atoms with Crippen molar-refractivity contribution in [2.24, 2.45) is 17.8 Å². The molecule has 1 radical (unpaired) electrons. The smallest absolute Gasteiger partial charge is 0 e. The van der Waals surface area contributed by atoms with Crippen LogP contribution in [0.2, 0.25) is 0 Å². The summed E-state index contributed by atoms with van der Waals surface area (Å²) < 4.78 is 0. The van der Waals surface area contributed by atoms with Crippen LogP contribution in [0.4, 0.5) is 0 Å². The van der Waals surface area contributed by atoms with Crippen molar-refractivity contribution in [3.63, 3.8) is 0 Å². The maximum Gasteiger partial charge on any atom is 0 e. The summed E-state index contributed by atoms with van der Waals surface area (Å²) >= 11 is 0. The summed E-state index contributed by atoms with van der Waals surface area (Å²) in [5.74, 6) is 2.75. The predicted octanol–water partition coefficient (Wildman–Crippen LogP) is 6.32. The Kier molecular flexibility index (Phi) is 21.7. The number of hydrogen-bond donors (Lipinski definition) is 0. The molecule has 18 heavy (non-hydrogen) atoms. The largest absolute Gasteiger partial charge is 0.358 e. The molecule has 0 heterocycles. The molecular formula is C17H36Y-2. The van der Waals surface area contributed by atoms with E-state index in [-0.39, 0.29) is 40.1 Å². The molecule has 0 rings (SSSR count). The fraction of sp³-hybridized carbons (Fsp3) is 0.882. The van der Waals surface area contributed by atoms with E-state index < -0.39 is 0 Å². The average molecular weight is 329 g/mol. The Morgan fingerprint density at radius 3 is 1.72 bits per heavy atom. The minimum Gasteiger partial charge on any atom is -0.358 e. The summed E-state index contributed by atoms with van der Waals surface area (Å²) in [4.78, 5) is 0. The zero-order valence-corrected chi connectivity index (χ0v) is 16.5. The Morgan fingerprint density at radius 2 is 1.28 bits per heavy atom. The van der Waals surface area contributed by atoms with Crippen molar-refractivity contribution in [1.29, 1.82) is 0 Å². The van der Waals surface area contributed by atoms with Crippen molar-refractivity contribution < 1.29 is 32.7 Å². The molecule has 0 saturated carbocycles. The summed E-state index contributed by atoms with van der Waals surface area (Å²) in [5, 5.41) is 0. The van der Waals surface area contributed by atoms with Crippen molar-refractivity contribution in [3.8, 4) is 0 Å². The first kappa shape index (κ1) is 24.1. The summed E-state index contributed by atoms with van der Waals surface area (Å²) in [6, 6.07) is 0.